The van der Waals surface area contributed by atoms with Crippen molar-refractivity contribution >= 4 is 17.9 Å². The molecule has 0 aromatic carbocycles. The van der Waals surface area contributed by atoms with E-state index in [1.54, 1.807) is 0 Å². The second-order valence-electron chi connectivity index (χ2n) is 3.20. The van der Waals surface area contributed by atoms with Gasteiger partial charge in [-0.15, -0.1) is 0 Å². The molecule has 18 heavy (non-hydrogen) atoms. The SMILES string of the molecule is Cc1nc(C(=O)O)c(C(=O)O)c(C(=O)O)c1C#N. The third-order valence-corrected chi connectivity index (χ3v) is 2.12. The summed E-state index contributed by atoms with van der Waals surface area (Å²) >= 11 is 0. The van der Waals surface area contributed by atoms with Crippen LogP contribution in [0.4, 0.5) is 0 Å². The van der Waals surface area contributed by atoms with Gasteiger partial charge in [0.25, 0.3) is 0 Å². The molecule has 0 saturated carbocycles. The third kappa shape index (κ3) is 1.97. The molecule has 0 amide bonds. The van der Waals surface area contributed by atoms with Crippen LogP contribution in [0.2, 0.25) is 0 Å². The highest BCUT2D eigenvalue weighted by Crippen LogP contribution is 2.20. The van der Waals surface area contributed by atoms with E-state index in [0.29, 0.717) is 0 Å². The van der Waals surface area contributed by atoms with Crippen LogP contribution in [-0.2, 0) is 0 Å². The van der Waals surface area contributed by atoms with Crippen LogP contribution in [0.3, 0.4) is 0 Å². The van der Waals surface area contributed by atoms with Crippen LogP contribution in [0, 0.1) is 18.3 Å². The average molecular weight is 250 g/mol. The van der Waals surface area contributed by atoms with E-state index in [1.807, 2.05) is 0 Å². The summed E-state index contributed by atoms with van der Waals surface area (Å²) in [7, 11) is 0. The predicted octanol–water partition coefficient (Wildman–Crippen LogP) is 0.356. The maximum Gasteiger partial charge on any atom is 0.355 e. The minimum absolute atomic E-state index is 0.155. The summed E-state index contributed by atoms with van der Waals surface area (Å²) in [5.74, 6) is -5.15. The lowest BCUT2D eigenvalue weighted by molar-refractivity contribution is 0.0629. The van der Waals surface area contributed by atoms with E-state index in [-0.39, 0.29) is 5.69 Å². The second kappa shape index (κ2) is 4.50. The third-order valence-electron chi connectivity index (χ3n) is 2.12. The first kappa shape index (κ1) is 13.1. The summed E-state index contributed by atoms with van der Waals surface area (Å²) in [4.78, 5) is 36.2. The molecular weight excluding hydrogens is 244 g/mol. The first-order chi connectivity index (χ1) is 8.31. The highest BCUT2D eigenvalue weighted by Gasteiger charge is 2.30. The van der Waals surface area contributed by atoms with Crippen molar-refractivity contribution in [2.75, 3.05) is 0 Å². The largest absolute Gasteiger partial charge is 0.478 e. The molecule has 1 rings (SSSR count). The van der Waals surface area contributed by atoms with Crippen LogP contribution in [0.5, 0.6) is 0 Å². The monoisotopic (exact) mass is 250 g/mol. The maximum atomic E-state index is 11.0. The molecule has 0 aliphatic heterocycles. The van der Waals surface area contributed by atoms with Gasteiger partial charge in [0.1, 0.15) is 11.6 Å². The number of hydrogen-bond donors (Lipinski definition) is 3. The number of carboxylic acids is 3. The van der Waals surface area contributed by atoms with Crippen molar-refractivity contribution in [3.05, 3.63) is 28.1 Å². The summed E-state index contributed by atoms with van der Waals surface area (Å²) in [6, 6.07) is 1.51. The van der Waals surface area contributed by atoms with E-state index in [2.05, 4.69) is 4.98 Å². The molecule has 0 radical (unpaired) electrons. The summed E-state index contributed by atoms with van der Waals surface area (Å²) in [6.45, 7) is 1.23. The Morgan fingerprint density at radius 1 is 1.06 bits per heavy atom. The molecule has 0 fully saturated rings. The molecule has 0 atom stereocenters. The molecule has 0 aliphatic carbocycles. The predicted molar refractivity (Wildman–Crippen MR) is 54.6 cm³/mol. The first-order valence-corrected chi connectivity index (χ1v) is 4.45. The molecule has 0 unspecified atom stereocenters. The molecule has 3 N–H and O–H groups in total. The summed E-state index contributed by atoms with van der Waals surface area (Å²) in [5.41, 5.74) is -3.40. The first-order valence-electron chi connectivity index (χ1n) is 4.45. The van der Waals surface area contributed by atoms with Crippen molar-refractivity contribution in [3.8, 4) is 6.07 Å². The molecule has 0 aliphatic rings. The molecule has 92 valence electrons. The van der Waals surface area contributed by atoms with Crippen LogP contribution < -0.4 is 0 Å². The number of carboxylic acid groups (broad SMARTS) is 3. The molecule has 8 nitrogen and oxygen atoms in total. The van der Waals surface area contributed by atoms with Gasteiger partial charge in [-0.1, -0.05) is 0 Å². The molecule has 0 saturated heterocycles. The Bertz CT molecular complexity index is 614. The van der Waals surface area contributed by atoms with E-state index in [1.165, 1.54) is 13.0 Å². The topological polar surface area (TPSA) is 149 Å². The number of hydrogen-bond acceptors (Lipinski definition) is 5. The molecule has 1 aromatic rings. The van der Waals surface area contributed by atoms with Gasteiger partial charge in [0, 0.05) is 0 Å². The number of aryl methyl sites for hydroxylation is 1. The Hall–Kier alpha value is -2.95. The minimum Gasteiger partial charge on any atom is -0.478 e. The van der Waals surface area contributed by atoms with Crippen LogP contribution in [-0.4, -0.2) is 38.2 Å². The summed E-state index contributed by atoms with van der Waals surface area (Å²) in [5, 5.41) is 35.4. The van der Waals surface area contributed by atoms with Crippen molar-refractivity contribution in [3.63, 3.8) is 0 Å². The van der Waals surface area contributed by atoms with E-state index in [0.717, 1.165) is 0 Å². The number of pyridine rings is 1. The van der Waals surface area contributed by atoms with Crippen molar-refractivity contribution < 1.29 is 29.7 Å². The van der Waals surface area contributed by atoms with Gasteiger partial charge < -0.3 is 15.3 Å². The molecule has 0 spiro atoms. The molecule has 1 aromatic heterocycles. The summed E-state index contributed by atoms with van der Waals surface area (Å²) in [6.07, 6.45) is 0. The normalized spacial score (nSPS) is 9.56. The number of nitrogens with zero attached hydrogens (tertiary/aromatic N) is 2. The van der Waals surface area contributed by atoms with E-state index >= 15 is 0 Å². The standard InChI is InChI=1S/C10H6N2O6/c1-3-4(2-11)5(8(13)14)6(9(15)16)7(12-3)10(17)18/h1H3,(H,13,14)(H,15,16)(H,17,18). The minimum atomic E-state index is -1.77. The number of rotatable bonds is 3. The number of aromatic carboxylic acids is 3. The lowest BCUT2D eigenvalue weighted by Crippen LogP contribution is -2.19. The lowest BCUT2D eigenvalue weighted by atomic mass is 9.99. The Labute approximate surface area is 99.7 Å². The Balaban J connectivity index is 3.94. The zero-order valence-corrected chi connectivity index (χ0v) is 8.96. The van der Waals surface area contributed by atoms with Crippen LogP contribution in [0.1, 0.15) is 42.5 Å². The second-order valence-corrected chi connectivity index (χ2v) is 3.20. The zero-order chi connectivity index (χ0) is 14.0. The van der Waals surface area contributed by atoms with Crippen molar-refractivity contribution in [1.82, 2.24) is 4.98 Å². The zero-order valence-electron chi connectivity index (χ0n) is 8.96. The maximum absolute atomic E-state index is 11.0. The van der Waals surface area contributed by atoms with E-state index < -0.39 is 40.3 Å². The smallest absolute Gasteiger partial charge is 0.355 e. The van der Waals surface area contributed by atoms with Gasteiger partial charge in [0.05, 0.1) is 16.8 Å². The highest BCUT2D eigenvalue weighted by molar-refractivity contribution is 6.09. The van der Waals surface area contributed by atoms with Crippen LogP contribution in [0.25, 0.3) is 0 Å². The molecule has 0 bridgehead atoms. The van der Waals surface area contributed by atoms with Crippen LogP contribution in [0.15, 0.2) is 0 Å². The van der Waals surface area contributed by atoms with Crippen LogP contribution >= 0.6 is 0 Å². The fourth-order valence-electron chi connectivity index (χ4n) is 1.42. The van der Waals surface area contributed by atoms with Gasteiger partial charge in [0.15, 0.2) is 5.69 Å². The number of carbonyl (C=O) groups is 3. The van der Waals surface area contributed by atoms with Gasteiger partial charge in [-0.05, 0) is 6.92 Å². The fraction of sp³-hybridized carbons (Fsp3) is 0.100. The molecule has 1 heterocycles. The Morgan fingerprint density at radius 2 is 1.56 bits per heavy atom. The fourth-order valence-corrected chi connectivity index (χ4v) is 1.42. The summed E-state index contributed by atoms with van der Waals surface area (Å²) < 4.78 is 0. The molecular formula is C10H6N2O6. The van der Waals surface area contributed by atoms with Gasteiger partial charge in [0.2, 0.25) is 0 Å². The van der Waals surface area contributed by atoms with Crippen molar-refractivity contribution in [1.29, 1.82) is 5.26 Å². The number of nitriles is 1. The van der Waals surface area contributed by atoms with Gasteiger partial charge >= 0.3 is 17.9 Å². The van der Waals surface area contributed by atoms with Crippen molar-refractivity contribution in [2.45, 2.75) is 6.92 Å². The lowest BCUT2D eigenvalue weighted by Gasteiger charge is -2.09. The van der Waals surface area contributed by atoms with Gasteiger partial charge in [-0.2, -0.15) is 5.26 Å². The molecule has 8 heteroatoms. The quantitative estimate of drug-likeness (QED) is 0.695. The number of aromatic nitrogens is 1. The Morgan fingerprint density at radius 3 is 1.89 bits per heavy atom. The van der Waals surface area contributed by atoms with Gasteiger partial charge in [-0.3, -0.25) is 0 Å². The van der Waals surface area contributed by atoms with Crippen molar-refractivity contribution in [2.24, 2.45) is 0 Å². The highest BCUT2D eigenvalue weighted by atomic mass is 16.4. The van der Waals surface area contributed by atoms with E-state index in [4.69, 9.17) is 20.6 Å². The average Bonchev–Trinajstić information content (AvgIpc) is 2.26. The Kier molecular flexibility index (Phi) is 3.28. The van der Waals surface area contributed by atoms with E-state index in [9.17, 15) is 14.4 Å². The van der Waals surface area contributed by atoms with Gasteiger partial charge in [-0.25, -0.2) is 19.4 Å².